The number of nitrogens with zero attached hydrogens (tertiary/aromatic N) is 5. The van der Waals surface area contributed by atoms with Crippen LogP contribution in [0.1, 0.15) is 37.3 Å². The van der Waals surface area contributed by atoms with Crippen molar-refractivity contribution in [3.05, 3.63) is 50.9 Å². The molecular formula is C15H23Cl2MnN5-4. The van der Waals surface area contributed by atoms with E-state index in [1.165, 1.54) is 0 Å². The summed E-state index contributed by atoms with van der Waals surface area (Å²) in [6, 6.07) is 6.35. The van der Waals surface area contributed by atoms with Crippen LogP contribution in [0.3, 0.4) is 0 Å². The Morgan fingerprint density at radius 2 is 1.26 bits per heavy atom. The van der Waals surface area contributed by atoms with Crippen molar-refractivity contribution in [3.8, 4) is 0 Å². The van der Waals surface area contributed by atoms with Crippen molar-refractivity contribution >= 4 is 20.2 Å². The summed E-state index contributed by atoms with van der Waals surface area (Å²) in [7, 11) is 9.59. The molecule has 0 amide bonds. The van der Waals surface area contributed by atoms with Gasteiger partial charge in [-0.2, -0.15) is 39.3 Å². The van der Waals surface area contributed by atoms with Crippen molar-refractivity contribution in [2.45, 2.75) is 25.9 Å². The fraction of sp³-hybridized carbons (Fsp3) is 0.667. The van der Waals surface area contributed by atoms with Crippen LogP contribution in [-0.4, -0.2) is 44.3 Å². The Hall–Kier alpha value is 0.0895. The third kappa shape index (κ3) is 9.22. The van der Waals surface area contributed by atoms with Crippen molar-refractivity contribution in [2.75, 3.05) is 39.3 Å². The summed E-state index contributed by atoms with van der Waals surface area (Å²) in [4.78, 5) is 4.70. The van der Waals surface area contributed by atoms with E-state index in [9.17, 15) is 0 Å². The van der Waals surface area contributed by atoms with E-state index in [1.54, 1.807) is 0 Å². The first-order valence-corrected chi connectivity index (χ1v) is 10.9. The molecule has 133 valence electrons. The summed E-state index contributed by atoms with van der Waals surface area (Å²) >= 11 is 0.00694. The molecule has 0 radical (unpaired) electrons. The van der Waals surface area contributed by atoms with Crippen molar-refractivity contribution in [2.24, 2.45) is 0 Å². The van der Waals surface area contributed by atoms with Crippen LogP contribution in [0.2, 0.25) is 0 Å². The van der Waals surface area contributed by atoms with Gasteiger partial charge in [0.2, 0.25) is 0 Å². The van der Waals surface area contributed by atoms with Crippen molar-refractivity contribution < 1.29 is 13.1 Å². The summed E-state index contributed by atoms with van der Waals surface area (Å²) in [5, 5.41) is 18.1. The zero-order valence-electron chi connectivity index (χ0n) is 13.5. The van der Waals surface area contributed by atoms with Gasteiger partial charge in [0.05, 0.1) is 0 Å². The van der Waals surface area contributed by atoms with Gasteiger partial charge in [-0.05, 0) is 12.1 Å². The monoisotopic (exact) mass is 398 g/mol. The number of hydrogen-bond donors (Lipinski definition) is 0. The Kier molecular flexibility index (Phi) is 12.3. The second-order valence-corrected chi connectivity index (χ2v) is 7.00. The van der Waals surface area contributed by atoms with Gasteiger partial charge in [0.1, 0.15) is 0 Å². The summed E-state index contributed by atoms with van der Waals surface area (Å²) in [6.07, 6.45) is 0. The van der Waals surface area contributed by atoms with Gasteiger partial charge in [0, 0.05) is 11.4 Å². The van der Waals surface area contributed by atoms with Gasteiger partial charge >= 0.3 is 33.3 Å². The molecule has 1 aromatic heterocycles. The van der Waals surface area contributed by atoms with Crippen LogP contribution in [0, 0.1) is 0 Å². The minimum absolute atomic E-state index is 0.00694. The van der Waals surface area contributed by atoms with E-state index >= 15 is 0 Å². The fourth-order valence-electron chi connectivity index (χ4n) is 2.13. The molecule has 0 saturated carbocycles. The molecule has 0 fully saturated rings. The molecule has 1 aliphatic heterocycles. The van der Waals surface area contributed by atoms with E-state index < -0.39 is 0 Å². The predicted molar refractivity (Wildman–Crippen MR) is 95.4 cm³/mol. The molecule has 2 atom stereocenters. The summed E-state index contributed by atoms with van der Waals surface area (Å²) < 4.78 is 0. The molecule has 1 aliphatic rings. The fourth-order valence-corrected chi connectivity index (χ4v) is 2.13. The summed E-state index contributed by atoms with van der Waals surface area (Å²) in [5.74, 6) is 0. The molecule has 0 aromatic carbocycles. The first-order valence-electron chi connectivity index (χ1n) is 7.62. The Balaban J connectivity index is 0.000000816. The standard InChI is InChI=1S/C15H23N5.2ClH.Mn/c1-12-14-4-3-5-15(20-14)13(2)19-11-9-17-7-6-16-8-10-18-12;;;/h3-5,12-13H,6-11H2,1-2H3;2*1H;/q-4;;;+2/p-2. The maximum absolute atomic E-state index is 4.80. The normalized spacial score (nSPS) is 23.8. The molecule has 0 spiro atoms. The average Bonchev–Trinajstić information content (AvgIpc) is 2.56. The minimum atomic E-state index is 0.00694. The molecule has 2 rings (SSSR count). The maximum atomic E-state index is 4.80. The van der Waals surface area contributed by atoms with Gasteiger partial charge in [-0.15, -0.1) is 0 Å². The van der Waals surface area contributed by atoms with Gasteiger partial charge in [0.25, 0.3) is 0 Å². The molecule has 8 heteroatoms. The van der Waals surface area contributed by atoms with Crippen LogP contribution in [-0.2, 0) is 13.1 Å². The van der Waals surface area contributed by atoms with E-state index in [0.29, 0.717) is 0 Å². The second-order valence-electron chi connectivity index (χ2n) is 5.05. The topological polar surface area (TPSA) is 69.3 Å². The van der Waals surface area contributed by atoms with Crippen LogP contribution >= 0.6 is 20.2 Å². The van der Waals surface area contributed by atoms with Crippen molar-refractivity contribution in [3.63, 3.8) is 0 Å². The van der Waals surface area contributed by atoms with Gasteiger partial charge in [0.15, 0.2) is 0 Å². The number of fused-ring (bicyclic) bond motifs is 2. The number of rotatable bonds is 0. The van der Waals surface area contributed by atoms with Crippen LogP contribution in [0.25, 0.3) is 21.3 Å². The van der Waals surface area contributed by atoms with E-state index in [2.05, 4.69) is 35.1 Å². The van der Waals surface area contributed by atoms with Gasteiger partial charge in [-0.25, -0.2) is 0 Å². The molecule has 0 N–H and O–H groups in total. The van der Waals surface area contributed by atoms with Crippen molar-refractivity contribution in [1.29, 1.82) is 0 Å². The Labute approximate surface area is 154 Å². The van der Waals surface area contributed by atoms with E-state index in [0.717, 1.165) is 50.7 Å². The van der Waals surface area contributed by atoms with E-state index in [1.807, 2.05) is 18.2 Å². The molecule has 2 unspecified atom stereocenters. The van der Waals surface area contributed by atoms with Crippen LogP contribution < -0.4 is 0 Å². The SMILES string of the molecule is CC1[N-]CC[N-]CC[N-]CC[N-]C(C)c2cccc1n2.[Cl][Mn][Cl]. The molecule has 1 aromatic rings. The zero-order valence-corrected chi connectivity index (χ0v) is 16.2. The zero-order chi connectivity index (χ0) is 16.9. The summed E-state index contributed by atoms with van der Waals surface area (Å²) in [6.45, 7) is 8.83. The van der Waals surface area contributed by atoms with Crippen LogP contribution in [0.15, 0.2) is 18.2 Å². The van der Waals surface area contributed by atoms with Crippen LogP contribution in [0.5, 0.6) is 0 Å². The predicted octanol–water partition coefficient (Wildman–Crippen LogP) is 5.09. The molecule has 0 aliphatic carbocycles. The van der Waals surface area contributed by atoms with Gasteiger partial charge < -0.3 is 21.3 Å². The molecule has 2 bridgehead atoms. The van der Waals surface area contributed by atoms with Crippen LogP contribution in [0.4, 0.5) is 0 Å². The number of halogens is 2. The quantitative estimate of drug-likeness (QED) is 0.561. The average molecular weight is 399 g/mol. The molecule has 2 heterocycles. The van der Waals surface area contributed by atoms with E-state index in [4.69, 9.17) is 25.2 Å². The van der Waals surface area contributed by atoms with Crippen molar-refractivity contribution in [1.82, 2.24) is 4.98 Å². The van der Waals surface area contributed by atoms with Gasteiger partial charge in [-0.1, -0.05) is 32.0 Å². The Bertz CT molecular complexity index is 391. The number of pyridine rings is 1. The Morgan fingerprint density at radius 3 is 1.70 bits per heavy atom. The molecule has 5 nitrogen and oxygen atoms in total. The molecule has 23 heavy (non-hydrogen) atoms. The summed E-state index contributed by atoms with van der Waals surface area (Å²) in [5.41, 5.74) is 2.04. The third-order valence-corrected chi connectivity index (χ3v) is 3.39. The third-order valence-electron chi connectivity index (χ3n) is 3.39. The second kappa shape index (κ2) is 13.4. The molecular weight excluding hydrogens is 376 g/mol. The van der Waals surface area contributed by atoms with E-state index in [-0.39, 0.29) is 25.2 Å². The first-order chi connectivity index (χ1) is 11.2. The molecule has 0 saturated heterocycles. The van der Waals surface area contributed by atoms with Gasteiger partial charge in [-0.3, -0.25) is 4.98 Å². The number of hydrogen-bond acceptors (Lipinski definition) is 1. The number of aromatic nitrogens is 1. The first kappa shape index (κ1) is 21.1. The Morgan fingerprint density at radius 1 is 0.870 bits per heavy atom.